The summed E-state index contributed by atoms with van der Waals surface area (Å²) in [6.07, 6.45) is 2.70. The quantitative estimate of drug-likeness (QED) is 0.287. The molecule has 0 radical (unpaired) electrons. The minimum atomic E-state index is -1.01. The fourth-order valence-corrected chi connectivity index (χ4v) is 3.59. The van der Waals surface area contributed by atoms with Gasteiger partial charge in [0.2, 0.25) is 0 Å². The monoisotopic (exact) mass is 511 g/mol. The zero-order valence-electron chi connectivity index (χ0n) is 21.0. The second-order valence-electron chi connectivity index (χ2n) is 8.53. The lowest BCUT2D eigenvalue weighted by Crippen LogP contribution is -2.37. The molecule has 9 nitrogen and oxygen atoms in total. The van der Waals surface area contributed by atoms with Gasteiger partial charge in [0.15, 0.2) is 0 Å². The molecule has 0 bridgehead atoms. The van der Waals surface area contributed by atoms with Crippen molar-refractivity contribution in [2.45, 2.75) is 32.7 Å². The summed E-state index contributed by atoms with van der Waals surface area (Å²) in [5, 5.41) is 5.53. The number of alkyl carbamates (subject to hydrolysis) is 1. The smallest absolute Gasteiger partial charge is 0.408 e. The lowest BCUT2D eigenvalue weighted by atomic mass is 10.1. The van der Waals surface area contributed by atoms with Gasteiger partial charge in [-0.2, -0.15) is 0 Å². The van der Waals surface area contributed by atoms with Crippen LogP contribution in [0.4, 0.5) is 10.5 Å². The minimum Gasteiger partial charge on any atom is -0.489 e. The number of aromatic nitrogens is 2. The highest BCUT2D eigenvalue weighted by molar-refractivity contribution is 5.97. The van der Waals surface area contributed by atoms with E-state index in [-0.39, 0.29) is 6.61 Å². The van der Waals surface area contributed by atoms with Crippen LogP contribution in [0.3, 0.4) is 0 Å². The number of carbonyl (C=O) groups excluding carboxylic acids is 2. The van der Waals surface area contributed by atoms with E-state index in [2.05, 4.69) is 20.6 Å². The maximum Gasteiger partial charge on any atom is 0.408 e. The van der Waals surface area contributed by atoms with Gasteiger partial charge in [0.1, 0.15) is 30.8 Å². The third-order valence-corrected chi connectivity index (χ3v) is 5.62. The van der Waals surface area contributed by atoms with Gasteiger partial charge < -0.3 is 25.8 Å². The van der Waals surface area contributed by atoms with Gasteiger partial charge in [-0.25, -0.2) is 14.8 Å². The molecule has 194 valence electrons. The van der Waals surface area contributed by atoms with Crippen LogP contribution in [0, 0.1) is 6.92 Å². The zero-order chi connectivity index (χ0) is 26.7. The van der Waals surface area contributed by atoms with Crippen molar-refractivity contribution in [2.75, 3.05) is 5.32 Å². The number of nitrogens with one attached hydrogen (secondary N) is 2. The minimum absolute atomic E-state index is 0.0784. The fourth-order valence-electron chi connectivity index (χ4n) is 3.59. The van der Waals surface area contributed by atoms with Crippen LogP contribution < -0.4 is 21.1 Å². The molecule has 9 heteroatoms. The number of amides is 2. The molecule has 0 saturated heterocycles. The Morgan fingerprint density at radius 3 is 2.29 bits per heavy atom. The average Bonchev–Trinajstić information content (AvgIpc) is 2.95. The van der Waals surface area contributed by atoms with Gasteiger partial charge in [-0.3, -0.25) is 4.79 Å². The molecule has 0 aliphatic heterocycles. The van der Waals surface area contributed by atoms with Crippen molar-refractivity contribution < 1.29 is 19.1 Å². The Morgan fingerprint density at radius 1 is 0.868 bits per heavy atom. The summed E-state index contributed by atoms with van der Waals surface area (Å²) in [7, 11) is 0. The van der Waals surface area contributed by atoms with Gasteiger partial charge in [-0.15, -0.1) is 0 Å². The number of aryl methyl sites for hydroxylation is 1. The molecule has 4 aromatic rings. The highest BCUT2D eigenvalue weighted by Gasteiger charge is 2.24. The molecule has 1 heterocycles. The van der Waals surface area contributed by atoms with E-state index in [1.54, 1.807) is 54.9 Å². The fraction of sp³-hybridized carbons (Fsp3) is 0.172. The summed E-state index contributed by atoms with van der Waals surface area (Å²) in [6.45, 7) is 2.53. The molecule has 2 amide bonds. The van der Waals surface area contributed by atoms with Crippen molar-refractivity contribution in [1.82, 2.24) is 15.3 Å². The summed E-state index contributed by atoms with van der Waals surface area (Å²) >= 11 is 0. The van der Waals surface area contributed by atoms with E-state index in [0.29, 0.717) is 36.0 Å². The SMILES string of the molecule is Cc1ncc(COc2ccc([C@H](NC(=O)OCc3ccccc3)C(=O)Nc3cccc(CN)c3)cc2)cn1. The molecule has 0 aliphatic rings. The predicted octanol–water partition coefficient (Wildman–Crippen LogP) is 4.43. The Bertz CT molecular complexity index is 1350. The van der Waals surface area contributed by atoms with Crippen LogP contribution in [0.2, 0.25) is 0 Å². The van der Waals surface area contributed by atoms with Crippen molar-refractivity contribution >= 4 is 17.7 Å². The molecular weight excluding hydrogens is 482 g/mol. The standard InChI is InChI=1S/C29H29N5O4/c1-20-31-16-23(17-32-20)19-37-26-12-10-24(11-13-26)27(28(35)33-25-9-5-8-22(14-25)15-30)34-29(36)38-18-21-6-3-2-4-7-21/h2-14,16-17,27H,15,18-19,30H2,1H3,(H,33,35)(H,34,36)/t27-/m0/s1. The topological polar surface area (TPSA) is 128 Å². The van der Waals surface area contributed by atoms with E-state index in [1.807, 2.05) is 43.3 Å². The van der Waals surface area contributed by atoms with E-state index < -0.39 is 18.0 Å². The Morgan fingerprint density at radius 2 is 1.58 bits per heavy atom. The van der Waals surface area contributed by atoms with Crippen molar-refractivity contribution in [3.8, 4) is 5.75 Å². The molecule has 38 heavy (non-hydrogen) atoms. The number of carbonyl (C=O) groups is 2. The summed E-state index contributed by atoms with van der Waals surface area (Å²) in [5.74, 6) is 0.851. The van der Waals surface area contributed by atoms with Gasteiger partial charge in [-0.1, -0.05) is 54.6 Å². The molecule has 1 atom stereocenters. The average molecular weight is 512 g/mol. The van der Waals surface area contributed by atoms with E-state index in [4.69, 9.17) is 15.2 Å². The third kappa shape index (κ3) is 7.62. The second-order valence-corrected chi connectivity index (χ2v) is 8.53. The van der Waals surface area contributed by atoms with Crippen molar-refractivity contribution in [1.29, 1.82) is 0 Å². The summed E-state index contributed by atoms with van der Waals surface area (Å²) < 4.78 is 11.2. The Kier molecular flexibility index (Phi) is 8.98. The van der Waals surface area contributed by atoms with E-state index in [1.165, 1.54) is 0 Å². The van der Waals surface area contributed by atoms with Crippen molar-refractivity contribution in [3.63, 3.8) is 0 Å². The van der Waals surface area contributed by atoms with Gasteiger partial charge in [0, 0.05) is 30.2 Å². The number of anilines is 1. The highest BCUT2D eigenvalue weighted by Crippen LogP contribution is 2.21. The first-order valence-corrected chi connectivity index (χ1v) is 12.1. The maximum absolute atomic E-state index is 13.3. The number of nitrogens with two attached hydrogens (primary N) is 1. The summed E-state index contributed by atoms with van der Waals surface area (Å²) in [6, 6.07) is 22.4. The van der Waals surface area contributed by atoms with Gasteiger partial charge in [0.25, 0.3) is 5.91 Å². The summed E-state index contributed by atoms with van der Waals surface area (Å²) in [4.78, 5) is 34.3. The zero-order valence-corrected chi connectivity index (χ0v) is 21.0. The van der Waals surface area contributed by atoms with Crippen LogP contribution >= 0.6 is 0 Å². The molecule has 1 aromatic heterocycles. The first-order chi connectivity index (χ1) is 18.5. The first kappa shape index (κ1) is 26.3. The molecule has 0 fully saturated rings. The van der Waals surface area contributed by atoms with Gasteiger partial charge >= 0.3 is 6.09 Å². The number of hydrogen-bond donors (Lipinski definition) is 3. The van der Waals surface area contributed by atoms with Gasteiger partial charge in [-0.05, 0) is 47.9 Å². The Labute approximate surface area is 221 Å². The maximum atomic E-state index is 13.3. The van der Waals surface area contributed by atoms with Crippen LogP contribution in [-0.4, -0.2) is 22.0 Å². The highest BCUT2D eigenvalue weighted by atomic mass is 16.5. The lowest BCUT2D eigenvalue weighted by molar-refractivity contribution is -0.118. The molecule has 4 rings (SSSR count). The molecular formula is C29H29N5O4. The van der Waals surface area contributed by atoms with Crippen molar-refractivity contribution in [3.05, 3.63) is 119 Å². The van der Waals surface area contributed by atoms with Crippen molar-refractivity contribution in [2.24, 2.45) is 5.73 Å². The normalized spacial score (nSPS) is 11.3. The molecule has 4 N–H and O–H groups in total. The van der Waals surface area contributed by atoms with Crippen LogP contribution in [-0.2, 0) is 29.3 Å². The molecule has 3 aromatic carbocycles. The Balaban J connectivity index is 1.46. The molecule has 0 saturated carbocycles. The number of hydrogen-bond acceptors (Lipinski definition) is 7. The molecule has 0 unspecified atom stereocenters. The first-order valence-electron chi connectivity index (χ1n) is 12.1. The van der Waals surface area contributed by atoms with Gasteiger partial charge in [0.05, 0.1) is 0 Å². The lowest BCUT2D eigenvalue weighted by Gasteiger charge is -2.19. The van der Waals surface area contributed by atoms with Crippen LogP contribution in [0.25, 0.3) is 0 Å². The Hall–Kier alpha value is -4.76. The van der Waals surface area contributed by atoms with Crippen LogP contribution in [0.5, 0.6) is 5.75 Å². The van der Waals surface area contributed by atoms with E-state index in [0.717, 1.165) is 16.7 Å². The number of benzene rings is 3. The third-order valence-electron chi connectivity index (χ3n) is 5.62. The number of nitrogens with zero attached hydrogens (tertiary/aromatic N) is 2. The number of ether oxygens (including phenoxy) is 2. The largest absolute Gasteiger partial charge is 0.489 e. The predicted molar refractivity (Wildman–Crippen MR) is 143 cm³/mol. The summed E-state index contributed by atoms with van der Waals surface area (Å²) in [5.41, 5.74) is 9.39. The van der Waals surface area contributed by atoms with Crippen LogP contribution in [0.15, 0.2) is 91.3 Å². The molecule has 0 spiro atoms. The van der Waals surface area contributed by atoms with E-state index >= 15 is 0 Å². The molecule has 0 aliphatic carbocycles. The second kappa shape index (κ2) is 13.0. The van der Waals surface area contributed by atoms with E-state index in [9.17, 15) is 9.59 Å². The van der Waals surface area contributed by atoms with Crippen LogP contribution in [0.1, 0.15) is 34.1 Å². The number of rotatable bonds is 10.